The van der Waals surface area contributed by atoms with Crippen LogP contribution < -0.4 is 5.32 Å². The Morgan fingerprint density at radius 1 is 1.26 bits per heavy atom. The molecule has 2 aromatic rings. The molecule has 23 heavy (non-hydrogen) atoms. The summed E-state index contributed by atoms with van der Waals surface area (Å²) < 4.78 is 24.7. The van der Waals surface area contributed by atoms with Gasteiger partial charge in [-0.25, -0.2) is 13.2 Å². The van der Waals surface area contributed by atoms with Gasteiger partial charge in [-0.2, -0.15) is 0 Å². The van der Waals surface area contributed by atoms with E-state index in [2.05, 4.69) is 5.32 Å². The lowest BCUT2D eigenvalue weighted by molar-refractivity contribution is 0.201. The topological polar surface area (TPSA) is 66.5 Å². The first-order valence-electron chi connectivity index (χ1n) is 6.90. The molecule has 0 radical (unpaired) electrons. The average Bonchev–Trinajstić information content (AvgIpc) is 3.04. The zero-order chi connectivity index (χ0) is 16.9. The number of halogens is 1. The molecule has 0 aliphatic rings. The molecule has 0 spiro atoms. The van der Waals surface area contributed by atoms with Gasteiger partial charge in [-0.1, -0.05) is 17.7 Å². The molecule has 1 N–H and O–H groups in total. The van der Waals surface area contributed by atoms with E-state index in [0.29, 0.717) is 11.6 Å². The lowest BCUT2D eigenvalue weighted by Crippen LogP contribution is -2.40. The van der Waals surface area contributed by atoms with Crippen LogP contribution in [-0.2, 0) is 16.4 Å². The zero-order valence-electron chi connectivity index (χ0n) is 12.5. The molecule has 0 saturated carbocycles. The van der Waals surface area contributed by atoms with E-state index >= 15 is 0 Å². The molecular formula is C15H17ClN2O3S2. The van der Waals surface area contributed by atoms with E-state index < -0.39 is 9.84 Å². The van der Waals surface area contributed by atoms with Crippen LogP contribution in [0, 0.1) is 0 Å². The third-order valence-corrected chi connectivity index (χ3v) is 6.05. The summed E-state index contributed by atoms with van der Waals surface area (Å²) in [4.78, 5) is 14.6. The van der Waals surface area contributed by atoms with Crippen molar-refractivity contribution in [3.63, 3.8) is 0 Å². The molecule has 8 heteroatoms. The number of hydrogen-bond donors (Lipinski definition) is 1. The number of hydrogen-bond acceptors (Lipinski definition) is 4. The van der Waals surface area contributed by atoms with Crippen molar-refractivity contribution in [3.05, 3.63) is 51.7 Å². The van der Waals surface area contributed by atoms with Gasteiger partial charge in [0.05, 0.1) is 17.2 Å². The highest BCUT2D eigenvalue weighted by Gasteiger charge is 2.19. The second kappa shape index (κ2) is 7.81. The number of nitrogens with zero attached hydrogens (tertiary/aromatic N) is 1. The number of urea groups is 1. The first kappa shape index (κ1) is 17.8. The van der Waals surface area contributed by atoms with Crippen LogP contribution in [0.25, 0.3) is 0 Å². The Morgan fingerprint density at radius 3 is 2.52 bits per heavy atom. The normalized spacial score (nSPS) is 11.2. The van der Waals surface area contributed by atoms with E-state index in [9.17, 15) is 13.2 Å². The van der Waals surface area contributed by atoms with Crippen molar-refractivity contribution in [3.8, 4) is 0 Å². The van der Waals surface area contributed by atoms with Crippen LogP contribution in [0.2, 0.25) is 5.02 Å². The number of sulfone groups is 1. The molecule has 1 aromatic carbocycles. The maximum absolute atomic E-state index is 12.4. The standard InChI is InChI=1S/C15H17ClN2O3S2/c1-17-15(19)18(11-13-3-2-9-22-13)8-10-23(20,21)14-6-4-12(16)5-7-14/h2-7,9H,8,10-11H2,1H3,(H,17,19). The van der Waals surface area contributed by atoms with Gasteiger partial charge >= 0.3 is 6.03 Å². The second-order valence-corrected chi connectivity index (χ2v) is 8.41. The van der Waals surface area contributed by atoms with E-state index in [1.165, 1.54) is 47.5 Å². The van der Waals surface area contributed by atoms with Crippen LogP contribution in [0.4, 0.5) is 4.79 Å². The van der Waals surface area contributed by atoms with Crippen LogP contribution in [0.1, 0.15) is 4.88 Å². The monoisotopic (exact) mass is 372 g/mol. The van der Waals surface area contributed by atoms with Crippen molar-refractivity contribution in [2.45, 2.75) is 11.4 Å². The Labute approximate surface area is 144 Å². The number of benzene rings is 1. The summed E-state index contributed by atoms with van der Waals surface area (Å²) in [6, 6.07) is 9.53. The number of nitrogens with one attached hydrogen (secondary N) is 1. The van der Waals surface area contributed by atoms with Gasteiger partial charge in [0, 0.05) is 23.5 Å². The minimum atomic E-state index is -3.47. The van der Waals surface area contributed by atoms with Crippen molar-refractivity contribution in [2.24, 2.45) is 0 Å². The Bertz CT molecular complexity index is 744. The summed E-state index contributed by atoms with van der Waals surface area (Å²) >= 11 is 7.30. The summed E-state index contributed by atoms with van der Waals surface area (Å²) in [5.41, 5.74) is 0. The first-order chi connectivity index (χ1) is 10.9. The Morgan fingerprint density at radius 2 is 1.96 bits per heavy atom. The van der Waals surface area contributed by atoms with E-state index in [-0.39, 0.29) is 23.2 Å². The van der Waals surface area contributed by atoms with Gasteiger partial charge in [0.25, 0.3) is 0 Å². The molecule has 0 aliphatic heterocycles. The van der Waals surface area contributed by atoms with Gasteiger partial charge in [-0.3, -0.25) is 0 Å². The van der Waals surface area contributed by atoms with Crippen LogP contribution in [0.3, 0.4) is 0 Å². The Kier molecular flexibility index (Phi) is 6.04. The molecule has 5 nitrogen and oxygen atoms in total. The molecule has 1 aromatic heterocycles. The number of amides is 2. The smallest absolute Gasteiger partial charge is 0.317 e. The van der Waals surface area contributed by atoms with Gasteiger partial charge in [-0.05, 0) is 35.7 Å². The molecule has 0 unspecified atom stereocenters. The van der Waals surface area contributed by atoms with Gasteiger partial charge in [0.1, 0.15) is 0 Å². The van der Waals surface area contributed by atoms with E-state index in [4.69, 9.17) is 11.6 Å². The maximum atomic E-state index is 12.4. The van der Waals surface area contributed by atoms with Crippen LogP contribution in [-0.4, -0.2) is 38.7 Å². The van der Waals surface area contributed by atoms with Crippen LogP contribution in [0.5, 0.6) is 0 Å². The second-order valence-electron chi connectivity index (χ2n) is 4.83. The first-order valence-corrected chi connectivity index (χ1v) is 9.81. The van der Waals surface area contributed by atoms with Crippen molar-refractivity contribution in [2.75, 3.05) is 19.3 Å². The molecule has 2 amide bonds. The van der Waals surface area contributed by atoms with Crippen LogP contribution in [0.15, 0.2) is 46.7 Å². The molecule has 2 rings (SSSR count). The maximum Gasteiger partial charge on any atom is 0.317 e. The fourth-order valence-electron chi connectivity index (χ4n) is 1.99. The van der Waals surface area contributed by atoms with Gasteiger partial charge in [0.2, 0.25) is 0 Å². The SMILES string of the molecule is CNC(=O)N(CCS(=O)(=O)c1ccc(Cl)cc1)Cc1cccs1. The molecule has 124 valence electrons. The van der Waals surface area contributed by atoms with Crippen molar-refractivity contribution in [1.82, 2.24) is 10.2 Å². The minimum Gasteiger partial charge on any atom is -0.341 e. The summed E-state index contributed by atoms with van der Waals surface area (Å²) in [5, 5.41) is 4.94. The van der Waals surface area contributed by atoms with Crippen molar-refractivity contribution >= 4 is 38.8 Å². The highest BCUT2D eigenvalue weighted by Crippen LogP contribution is 2.17. The largest absolute Gasteiger partial charge is 0.341 e. The summed E-state index contributed by atoms with van der Waals surface area (Å²) in [6.45, 7) is 0.496. The van der Waals surface area contributed by atoms with Gasteiger partial charge in [0.15, 0.2) is 9.84 Å². The molecule has 1 heterocycles. The van der Waals surface area contributed by atoms with Crippen LogP contribution >= 0.6 is 22.9 Å². The van der Waals surface area contributed by atoms with Crippen molar-refractivity contribution < 1.29 is 13.2 Å². The third-order valence-electron chi connectivity index (χ3n) is 3.23. The lowest BCUT2D eigenvalue weighted by Gasteiger charge is -2.21. The van der Waals surface area contributed by atoms with E-state index in [1.807, 2.05) is 17.5 Å². The summed E-state index contributed by atoms with van der Waals surface area (Å²) in [6.07, 6.45) is 0. The van der Waals surface area contributed by atoms with Gasteiger partial charge < -0.3 is 10.2 Å². The number of carbonyl (C=O) groups excluding carboxylic acids is 1. The Hall–Kier alpha value is -1.57. The quantitative estimate of drug-likeness (QED) is 0.847. The third kappa shape index (κ3) is 4.95. The number of carbonyl (C=O) groups is 1. The molecule has 0 atom stereocenters. The average molecular weight is 373 g/mol. The molecular weight excluding hydrogens is 356 g/mol. The molecule has 0 saturated heterocycles. The fraction of sp³-hybridized carbons (Fsp3) is 0.267. The predicted octanol–water partition coefficient (Wildman–Crippen LogP) is 3.02. The molecule has 0 aliphatic carbocycles. The highest BCUT2D eigenvalue weighted by molar-refractivity contribution is 7.91. The zero-order valence-corrected chi connectivity index (χ0v) is 14.9. The minimum absolute atomic E-state index is 0.114. The number of thiophene rings is 1. The fourth-order valence-corrected chi connectivity index (χ4v) is 4.08. The summed E-state index contributed by atoms with van der Waals surface area (Å²) in [5.74, 6) is -0.145. The highest BCUT2D eigenvalue weighted by atomic mass is 35.5. The lowest BCUT2D eigenvalue weighted by atomic mass is 10.4. The van der Waals surface area contributed by atoms with E-state index in [0.717, 1.165) is 4.88 Å². The Balaban J connectivity index is 2.07. The molecule has 0 bridgehead atoms. The van der Waals surface area contributed by atoms with Gasteiger partial charge in [-0.15, -0.1) is 11.3 Å². The summed E-state index contributed by atoms with van der Waals surface area (Å²) in [7, 11) is -1.94. The number of rotatable bonds is 6. The van der Waals surface area contributed by atoms with E-state index in [1.54, 1.807) is 0 Å². The molecule has 0 fully saturated rings. The predicted molar refractivity (Wildman–Crippen MR) is 92.7 cm³/mol. The van der Waals surface area contributed by atoms with Crippen molar-refractivity contribution in [1.29, 1.82) is 0 Å².